The monoisotopic (exact) mass is 303 g/mol. The topological polar surface area (TPSA) is 22.1 Å². The first-order valence-electron chi connectivity index (χ1n) is 4.54. The van der Waals surface area contributed by atoms with Crippen molar-refractivity contribution in [1.82, 2.24) is 4.98 Å². The molecule has 0 atom stereocenters. The fourth-order valence-corrected chi connectivity index (χ4v) is 1.77. The van der Waals surface area contributed by atoms with E-state index in [1.54, 1.807) is 0 Å². The zero-order valence-electron chi connectivity index (χ0n) is 8.46. The summed E-state index contributed by atoms with van der Waals surface area (Å²) in [5.74, 6) is 0. The van der Waals surface area contributed by atoms with Crippen LogP contribution in [0.3, 0.4) is 0 Å². The van der Waals surface area contributed by atoms with E-state index < -0.39 is 0 Å². The van der Waals surface area contributed by atoms with Crippen molar-refractivity contribution < 1.29 is 4.74 Å². The van der Waals surface area contributed by atoms with Crippen LogP contribution in [0.15, 0.2) is 24.4 Å². The number of pyridine rings is 1. The Kier molecular flexibility index (Phi) is 5.11. The molecule has 0 bridgehead atoms. The van der Waals surface area contributed by atoms with Crippen LogP contribution in [0.4, 0.5) is 0 Å². The Morgan fingerprint density at radius 2 is 2.36 bits per heavy atom. The Balaban J connectivity index is 2.57. The van der Waals surface area contributed by atoms with Gasteiger partial charge in [-0.05, 0) is 42.5 Å². The summed E-state index contributed by atoms with van der Waals surface area (Å²) in [7, 11) is 0. The molecule has 76 valence electrons. The standard InChI is InChI=1S/C11H14INO/c1-3-4-7-14-8-10-9(2)13-6-5-11(10)12/h3-6H,7-8H2,1-2H3/b4-3+. The second-order valence-electron chi connectivity index (χ2n) is 2.94. The number of ether oxygens (including phenoxy) is 1. The van der Waals surface area contributed by atoms with Gasteiger partial charge in [0.05, 0.1) is 13.2 Å². The number of hydrogen-bond donors (Lipinski definition) is 0. The van der Waals surface area contributed by atoms with Crippen molar-refractivity contribution in [3.8, 4) is 0 Å². The molecule has 1 aromatic rings. The molecule has 0 saturated carbocycles. The van der Waals surface area contributed by atoms with Crippen molar-refractivity contribution in [1.29, 1.82) is 0 Å². The number of halogens is 1. The van der Waals surface area contributed by atoms with Crippen LogP contribution in [0.25, 0.3) is 0 Å². The predicted molar refractivity (Wildman–Crippen MR) is 66.2 cm³/mol. The van der Waals surface area contributed by atoms with Crippen LogP contribution < -0.4 is 0 Å². The Morgan fingerprint density at radius 1 is 1.57 bits per heavy atom. The van der Waals surface area contributed by atoms with E-state index in [0.717, 1.165) is 5.69 Å². The molecular weight excluding hydrogens is 289 g/mol. The molecule has 0 fully saturated rings. The van der Waals surface area contributed by atoms with Gasteiger partial charge in [0, 0.05) is 21.0 Å². The lowest BCUT2D eigenvalue weighted by Gasteiger charge is -2.06. The molecule has 0 saturated heterocycles. The molecule has 1 aromatic heterocycles. The number of nitrogens with zero attached hydrogens (tertiary/aromatic N) is 1. The Morgan fingerprint density at radius 3 is 3.00 bits per heavy atom. The number of hydrogen-bond acceptors (Lipinski definition) is 2. The van der Waals surface area contributed by atoms with Gasteiger partial charge in [-0.1, -0.05) is 12.2 Å². The van der Waals surface area contributed by atoms with Crippen molar-refractivity contribution in [3.05, 3.63) is 39.2 Å². The van der Waals surface area contributed by atoms with Gasteiger partial charge in [-0.15, -0.1) is 0 Å². The van der Waals surface area contributed by atoms with Gasteiger partial charge < -0.3 is 4.74 Å². The largest absolute Gasteiger partial charge is 0.373 e. The summed E-state index contributed by atoms with van der Waals surface area (Å²) >= 11 is 2.31. The Hall–Kier alpha value is -0.420. The summed E-state index contributed by atoms with van der Waals surface area (Å²) in [6.07, 6.45) is 5.81. The fourth-order valence-electron chi connectivity index (χ4n) is 1.06. The van der Waals surface area contributed by atoms with Gasteiger partial charge in [0.15, 0.2) is 0 Å². The van der Waals surface area contributed by atoms with Crippen LogP contribution in [-0.2, 0) is 11.3 Å². The van der Waals surface area contributed by atoms with Crippen LogP contribution in [0.1, 0.15) is 18.2 Å². The summed E-state index contributed by atoms with van der Waals surface area (Å²) in [5.41, 5.74) is 2.25. The highest BCUT2D eigenvalue weighted by Crippen LogP contribution is 2.15. The Labute approximate surface area is 98.5 Å². The van der Waals surface area contributed by atoms with E-state index in [9.17, 15) is 0 Å². The highest BCUT2D eigenvalue weighted by Gasteiger charge is 2.03. The maximum absolute atomic E-state index is 5.49. The molecule has 3 heteroatoms. The van der Waals surface area contributed by atoms with Crippen LogP contribution in [-0.4, -0.2) is 11.6 Å². The van der Waals surface area contributed by atoms with E-state index in [2.05, 4.69) is 27.6 Å². The van der Waals surface area contributed by atoms with Gasteiger partial charge in [-0.2, -0.15) is 0 Å². The first-order chi connectivity index (χ1) is 6.75. The van der Waals surface area contributed by atoms with Crippen molar-refractivity contribution in [2.75, 3.05) is 6.61 Å². The maximum atomic E-state index is 5.49. The van der Waals surface area contributed by atoms with Gasteiger partial charge in [0.25, 0.3) is 0 Å². The van der Waals surface area contributed by atoms with Crippen LogP contribution in [0.5, 0.6) is 0 Å². The highest BCUT2D eigenvalue weighted by atomic mass is 127. The van der Waals surface area contributed by atoms with Crippen molar-refractivity contribution in [2.45, 2.75) is 20.5 Å². The molecular formula is C11H14INO. The van der Waals surface area contributed by atoms with E-state index in [1.165, 1.54) is 9.13 Å². The molecule has 0 aliphatic rings. The minimum absolute atomic E-state index is 0.641. The fraction of sp³-hybridized carbons (Fsp3) is 0.364. The molecule has 1 rings (SSSR count). The molecule has 0 aliphatic heterocycles. The molecule has 0 spiro atoms. The van der Waals surface area contributed by atoms with Gasteiger partial charge >= 0.3 is 0 Å². The van der Waals surface area contributed by atoms with Crippen molar-refractivity contribution in [2.24, 2.45) is 0 Å². The van der Waals surface area contributed by atoms with E-state index in [1.807, 2.05) is 38.3 Å². The molecule has 0 unspecified atom stereocenters. The van der Waals surface area contributed by atoms with Gasteiger partial charge in [-0.25, -0.2) is 0 Å². The number of aromatic nitrogens is 1. The lowest BCUT2D eigenvalue weighted by molar-refractivity contribution is 0.147. The molecule has 0 radical (unpaired) electrons. The smallest absolute Gasteiger partial charge is 0.0749 e. The molecule has 0 N–H and O–H groups in total. The highest BCUT2D eigenvalue weighted by molar-refractivity contribution is 14.1. The lowest BCUT2D eigenvalue weighted by Crippen LogP contribution is -2.00. The van der Waals surface area contributed by atoms with Crippen molar-refractivity contribution in [3.63, 3.8) is 0 Å². The number of rotatable bonds is 4. The summed E-state index contributed by atoms with van der Waals surface area (Å²) < 4.78 is 6.71. The van der Waals surface area contributed by atoms with Crippen LogP contribution >= 0.6 is 22.6 Å². The third-order valence-electron chi connectivity index (χ3n) is 1.91. The van der Waals surface area contributed by atoms with Gasteiger partial charge in [0.2, 0.25) is 0 Å². The minimum atomic E-state index is 0.641. The number of aryl methyl sites for hydroxylation is 1. The molecule has 1 heterocycles. The minimum Gasteiger partial charge on any atom is -0.373 e. The molecule has 2 nitrogen and oxygen atoms in total. The summed E-state index contributed by atoms with van der Waals surface area (Å²) in [4.78, 5) is 4.24. The zero-order valence-corrected chi connectivity index (χ0v) is 10.6. The second kappa shape index (κ2) is 6.14. The van der Waals surface area contributed by atoms with E-state index in [0.29, 0.717) is 13.2 Å². The molecule has 14 heavy (non-hydrogen) atoms. The van der Waals surface area contributed by atoms with Crippen molar-refractivity contribution >= 4 is 22.6 Å². The third-order valence-corrected chi connectivity index (χ3v) is 2.92. The SMILES string of the molecule is C/C=C/COCc1c(I)ccnc1C. The molecule has 0 amide bonds. The second-order valence-corrected chi connectivity index (χ2v) is 4.10. The first-order valence-corrected chi connectivity index (χ1v) is 5.62. The average Bonchev–Trinajstić information content (AvgIpc) is 2.16. The van der Waals surface area contributed by atoms with E-state index in [4.69, 9.17) is 4.74 Å². The molecule has 0 aromatic carbocycles. The molecule has 0 aliphatic carbocycles. The van der Waals surface area contributed by atoms with Crippen LogP contribution in [0, 0.1) is 10.5 Å². The first kappa shape index (κ1) is 11.7. The Bertz CT molecular complexity index is 303. The summed E-state index contributed by atoms with van der Waals surface area (Å²) in [6.45, 7) is 5.31. The van der Waals surface area contributed by atoms with Gasteiger partial charge in [-0.3, -0.25) is 4.98 Å². The predicted octanol–water partition coefficient (Wildman–Crippen LogP) is 3.09. The van der Waals surface area contributed by atoms with E-state index in [-0.39, 0.29) is 0 Å². The van der Waals surface area contributed by atoms with E-state index >= 15 is 0 Å². The zero-order chi connectivity index (χ0) is 10.4. The third kappa shape index (κ3) is 3.38. The average molecular weight is 303 g/mol. The normalized spacial score (nSPS) is 11.1. The van der Waals surface area contributed by atoms with Gasteiger partial charge in [0.1, 0.15) is 0 Å². The maximum Gasteiger partial charge on any atom is 0.0749 e. The number of allylic oxidation sites excluding steroid dienone is 1. The summed E-state index contributed by atoms with van der Waals surface area (Å²) in [5, 5.41) is 0. The lowest BCUT2D eigenvalue weighted by atomic mass is 10.2. The van der Waals surface area contributed by atoms with Crippen LogP contribution in [0.2, 0.25) is 0 Å². The summed E-state index contributed by atoms with van der Waals surface area (Å²) in [6, 6.07) is 2.00. The quantitative estimate of drug-likeness (QED) is 0.484.